The average molecular weight is 388 g/mol. The van der Waals surface area contributed by atoms with Crippen LogP contribution in [0.3, 0.4) is 0 Å². The van der Waals surface area contributed by atoms with Crippen molar-refractivity contribution < 1.29 is 70.7 Å². The third-order valence-electron chi connectivity index (χ3n) is 0.752. The molecule has 0 aromatic rings. The number of rotatable bonds is 0. The van der Waals surface area contributed by atoms with Crippen molar-refractivity contribution in [2.75, 3.05) is 0 Å². The molecule has 0 radical (unpaired) electrons. The van der Waals surface area contributed by atoms with Crippen LogP contribution in [0, 0.1) is 0 Å². The molecule has 0 nitrogen and oxygen atoms in total. The van der Waals surface area contributed by atoms with Crippen LogP contribution >= 0.6 is 0 Å². The molecule has 0 N–H and O–H groups in total. The van der Waals surface area contributed by atoms with Gasteiger partial charge in [0, 0.05) is 0 Å². The Morgan fingerprint density at radius 2 is 1.60 bits per heavy atom. The molecular weight excluding hydrogens is 383 g/mol. The second kappa shape index (κ2) is 13.0. The molecule has 0 amide bonds. The topological polar surface area (TPSA) is 0 Å². The van der Waals surface area contributed by atoms with Crippen molar-refractivity contribution in [3.8, 4) is 0 Å². The van der Waals surface area contributed by atoms with E-state index in [1.54, 1.807) is 3.79 Å². The van der Waals surface area contributed by atoms with Crippen LogP contribution in [0.1, 0.15) is 6.42 Å². The first kappa shape index (κ1) is 22.5. The van der Waals surface area contributed by atoms with Gasteiger partial charge in [-0.3, -0.25) is 0 Å². The number of hydrogen-bond acceptors (Lipinski definition) is 0. The van der Waals surface area contributed by atoms with E-state index in [0.29, 0.717) is 0 Å². The SMILES string of the molecule is [Cl-].[Cl-].[Cl-].[Cl-].[Ta+4][C]1=CC=CC1. The summed E-state index contributed by atoms with van der Waals surface area (Å²) < 4.78 is 1.58. The molecule has 0 aliphatic heterocycles. The van der Waals surface area contributed by atoms with Gasteiger partial charge in [-0.05, 0) is 0 Å². The van der Waals surface area contributed by atoms with Crippen molar-refractivity contribution in [1.82, 2.24) is 0 Å². The van der Waals surface area contributed by atoms with Gasteiger partial charge >= 0.3 is 49.5 Å². The van der Waals surface area contributed by atoms with Gasteiger partial charge in [0.2, 0.25) is 0 Å². The minimum atomic E-state index is 0. The van der Waals surface area contributed by atoms with Crippen LogP contribution in [0.15, 0.2) is 22.0 Å². The molecule has 1 aliphatic rings. The fourth-order valence-electron chi connectivity index (χ4n) is 0.436. The Bertz CT molecular complexity index is 110. The van der Waals surface area contributed by atoms with E-state index in [9.17, 15) is 0 Å². The quantitative estimate of drug-likeness (QED) is 0.387. The summed E-state index contributed by atoms with van der Waals surface area (Å²) in [6.45, 7) is 0. The van der Waals surface area contributed by atoms with Crippen LogP contribution in [0.5, 0.6) is 0 Å². The summed E-state index contributed by atoms with van der Waals surface area (Å²) in [5, 5.41) is 0. The van der Waals surface area contributed by atoms with Crippen molar-refractivity contribution in [1.29, 1.82) is 0 Å². The molecule has 0 aromatic heterocycles. The molecule has 0 fully saturated rings. The summed E-state index contributed by atoms with van der Waals surface area (Å²) in [4.78, 5) is 0. The standard InChI is InChI=1S/C5H5.4ClH.Ta/c1-2-4-5-3-1;;;;;/h1-3H,4H2;4*1H;/q;;;;;+4/p-4. The van der Waals surface area contributed by atoms with E-state index >= 15 is 0 Å². The van der Waals surface area contributed by atoms with Gasteiger partial charge in [-0.15, -0.1) is 0 Å². The van der Waals surface area contributed by atoms with E-state index in [0.717, 1.165) is 0 Å². The molecule has 0 bridgehead atoms. The van der Waals surface area contributed by atoms with E-state index in [4.69, 9.17) is 0 Å². The van der Waals surface area contributed by atoms with Crippen LogP contribution in [-0.4, -0.2) is 0 Å². The van der Waals surface area contributed by atoms with Crippen molar-refractivity contribution in [3.63, 3.8) is 0 Å². The summed E-state index contributed by atoms with van der Waals surface area (Å²) in [5.74, 6) is 0. The van der Waals surface area contributed by atoms with E-state index in [-0.39, 0.29) is 49.6 Å². The van der Waals surface area contributed by atoms with Gasteiger partial charge in [0.25, 0.3) is 0 Å². The first-order chi connectivity index (χ1) is 2.89. The van der Waals surface area contributed by atoms with Crippen molar-refractivity contribution in [2.24, 2.45) is 0 Å². The number of allylic oxidation sites excluding steroid dienone is 4. The van der Waals surface area contributed by atoms with Crippen LogP contribution in [0.4, 0.5) is 0 Å². The maximum atomic E-state index is 2.19. The Hall–Kier alpha value is 1.38. The molecule has 58 valence electrons. The van der Waals surface area contributed by atoms with Gasteiger partial charge in [0.1, 0.15) is 0 Å². The third kappa shape index (κ3) is 9.38. The van der Waals surface area contributed by atoms with Crippen molar-refractivity contribution >= 4 is 0 Å². The average Bonchev–Trinajstić information content (AvgIpc) is 1.86. The molecule has 0 saturated carbocycles. The van der Waals surface area contributed by atoms with Crippen molar-refractivity contribution in [3.05, 3.63) is 22.0 Å². The molecule has 0 heterocycles. The molecule has 0 spiro atoms. The molecule has 1 aliphatic carbocycles. The molecule has 0 unspecified atom stereocenters. The summed E-state index contributed by atoms with van der Waals surface area (Å²) in [7, 11) is 0. The summed E-state index contributed by atoms with van der Waals surface area (Å²) in [6, 6.07) is 0. The Kier molecular flexibility index (Phi) is 29.3. The van der Waals surface area contributed by atoms with Gasteiger partial charge in [-0.1, -0.05) is 0 Å². The summed E-state index contributed by atoms with van der Waals surface area (Å²) in [5.41, 5.74) is 0. The zero-order valence-corrected chi connectivity index (χ0v) is 11.1. The first-order valence-corrected chi connectivity index (χ1v) is 3.55. The summed E-state index contributed by atoms with van der Waals surface area (Å²) in [6.07, 6.45) is 7.71. The van der Waals surface area contributed by atoms with E-state index in [1.165, 1.54) is 27.5 Å². The number of hydrogen-bond donors (Lipinski definition) is 0. The van der Waals surface area contributed by atoms with Gasteiger partial charge in [-0.2, -0.15) is 0 Å². The fraction of sp³-hybridized carbons (Fsp3) is 0.200. The monoisotopic (exact) mass is 386 g/mol. The normalized spacial score (nSPS) is 11.2. The molecule has 5 heteroatoms. The van der Waals surface area contributed by atoms with E-state index in [2.05, 4.69) is 18.2 Å². The molecule has 0 aromatic carbocycles. The Morgan fingerprint density at radius 3 is 1.70 bits per heavy atom. The van der Waals surface area contributed by atoms with Crippen LogP contribution < -0.4 is 49.6 Å². The molecular formula is C5H5Cl4Ta. The predicted molar refractivity (Wildman–Crippen MR) is 21.8 cm³/mol. The van der Waals surface area contributed by atoms with Crippen LogP contribution in [-0.2, 0) is 21.1 Å². The van der Waals surface area contributed by atoms with Crippen molar-refractivity contribution in [2.45, 2.75) is 6.42 Å². The molecule has 0 saturated heterocycles. The second-order valence-corrected chi connectivity index (χ2v) is 3.35. The molecule has 0 atom stereocenters. The Morgan fingerprint density at radius 1 is 1.10 bits per heavy atom. The fourth-order valence-corrected chi connectivity index (χ4v) is 1.12. The second-order valence-electron chi connectivity index (χ2n) is 1.29. The Balaban J connectivity index is -0.0000000450. The van der Waals surface area contributed by atoms with E-state index in [1.807, 2.05) is 0 Å². The first-order valence-electron chi connectivity index (χ1n) is 1.94. The third-order valence-corrected chi connectivity index (χ3v) is 1.94. The maximum absolute atomic E-state index is 2.19. The zero-order valence-electron chi connectivity index (χ0n) is 4.90. The summed E-state index contributed by atoms with van der Waals surface area (Å²) >= 11 is 1.43. The van der Waals surface area contributed by atoms with Crippen LogP contribution in [0.25, 0.3) is 0 Å². The molecule has 10 heavy (non-hydrogen) atoms. The zero-order chi connectivity index (χ0) is 4.41. The van der Waals surface area contributed by atoms with Gasteiger partial charge in [0.15, 0.2) is 0 Å². The van der Waals surface area contributed by atoms with E-state index < -0.39 is 0 Å². The minimum absolute atomic E-state index is 0. The Labute approximate surface area is 98.5 Å². The van der Waals surface area contributed by atoms with Gasteiger partial charge in [0.05, 0.1) is 0 Å². The van der Waals surface area contributed by atoms with Gasteiger partial charge in [-0.25, -0.2) is 0 Å². The predicted octanol–water partition coefficient (Wildman–Crippen LogP) is -10.6. The van der Waals surface area contributed by atoms with Gasteiger partial charge < -0.3 is 49.6 Å². The molecule has 1 rings (SSSR count). The number of halogens is 4. The van der Waals surface area contributed by atoms with Crippen LogP contribution in [0.2, 0.25) is 0 Å².